The Labute approximate surface area is 149 Å². The zero-order valence-corrected chi connectivity index (χ0v) is 15.5. The molecular formula is C16H15BrClNO3S. The Morgan fingerprint density at radius 1 is 1.17 bits per heavy atom. The van der Waals surface area contributed by atoms with E-state index in [9.17, 15) is 13.2 Å². The molecule has 122 valence electrons. The monoisotopic (exact) mass is 415 g/mol. The third kappa shape index (κ3) is 4.64. The third-order valence-corrected chi connectivity index (χ3v) is 5.64. The standard InChI is InChI=1S/C16H15BrClNO3S/c1-11-2-4-12(5-3-11)10-19-23(21,22)16-8-13(15(20)9-17)6-7-14(16)18/h2-8,19H,9-10H2,1H3. The molecule has 2 rings (SSSR count). The molecule has 0 fully saturated rings. The van der Waals surface area contributed by atoms with Crippen molar-refractivity contribution in [2.75, 3.05) is 5.33 Å². The molecule has 0 atom stereocenters. The summed E-state index contributed by atoms with van der Waals surface area (Å²) in [5.74, 6) is -0.211. The summed E-state index contributed by atoms with van der Waals surface area (Å²) < 4.78 is 27.4. The summed E-state index contributed by atoms with van der Waals surface area (Å²) in [6.45, 7) is 2.11. The fourth-order valence-corrected chi connectivity index (χ4v) is 3.79. The molecule has 0 saturated carbocycles. The van der Waals surface area contributed by atoms with Crippen molar-refractivity contribution >= 4 is 43.3 Å². The minimum atomic E-state index is -3.81. The summed E-state index contributed by atoms with van der Waals surface area (Å²) in [5.41, 5.74) is 2.23. The molecule has 0 bridgehead atoms. The second kappa shape index (κ2) is 7.57. The van der Waals surface area contributed by atoms with Gasteiger partial charge in [-0.2, -0.15) is 0 Å². The van der Waals surface area contributed by atoms with Crippen LogP contribution in [0.3, 0.4) is 0 Å². The fraction of sp³-hybridized carbons (Fsp3) is 0.188. The quantitative estimate of drug-likeness (QED) is 0.577. The lowest BCUT2D eigenvalue weighted by molar-refractivity contribution is 0.102. The first-order chi connectivity index (χ1) is 10.8. The van der Waals surface area contributed by atoms with Gasteiger partial charge in [0.15, 0.2) is 5.78 Å². The number of sulfonamides is 1. The van der Waals surface area contributed by atoms with Crippen LogP contribution in [-0.4, -0.2) is 19.5 Å². The molecule has 0 heterocycles. The fourth-order valence-electron chi connectivity index (χ4n) is 1.92. The van der Waals surface area contributed by atoms with E-state index in [4.69, 9.17) is 11.6 Å². The highest BCUT2D eigenvalue weighted by Gasteiger charge is 2.19. The van der Waals surface area contributed by atoms with Crippen molar-refractivity contribution in [1.82, 2.24) is 4.72 Å². The van der Waals surface area contributed by atoms with Gasteiger partial charge in [-0.3, -0.25) is 4.79 Å². The summed E-state index contributed by atoms with van der Waals surface area (Å²) in [4.78, 5) is 11.6. The Morgan fingerprint density at radius 2 is 1.83 bits per heavy atom. The van der Waals surface area contributed by atoms with E-state index < -0.39 is 10.0 Å². The molecule has 7 heteroatoms. The van der Waals surface area contributed by atoms with Crippen molar-refractivity contribution < 1.29 is 13.2 Å². The Hall–Kier alpha value is -1.21. The first-order valence-electron chi connectivity index (χ1n) is 6.77. The summed E-state index contributed by atoms with van der Waals surface area (Å²) in [6.07, 6.45) is 0. The van der Waals surface area contributed by atoms with Gasteiger partial charge in [-0.05, 0) is 30.7 Å². The average molecular weight is 417 g/mol. The SMILES string of the molecule is Cc1ccc(CNS(=O)(=O)c2cc(C(=O)CBr)ccc2Cl)cc1. The summed E-state index contributed by atoms with van der Waals surface area (Å²) >= 11 is 9.05. The Bertz CT molecular complexity index is 820. The highest BCUT2D eigenvalue weighted by molar-refractivity contribution is 9.09. The van der Waals surface area contributed by atoms with Crippen LogP contribution in [0.4, 0.5) is 0 Å². The predicted molar refractivity (Wildman–Crippen MR) is 94.8 cm³/mol. The Morgan fingerprint density at radius 3 is 2.43 bits per heavy atom. The zero-order valence-electron chi connectivity index (χ0n) is 12.3. The summed E-state index contributed by atoms with van der Waals surface area (Å²) in [7, 11) is -3.81. The molecule has 0 aliphatic heterocycles. The highest BCUT2D eigenvalue weighted by atomic mass is 79.9. The molecule has 0 unspecified atom stereocenters. The molecule has 0 radical (unpaired) electrons. The van der Waals surface area contributed by atoms with Gasteiger partial charge in [0.2, 0.25) is 10.0 Å². The van der Waals surface area contributed by atoms with Crippen molar-refractivity contribution in [3.8, 4) is 0 Å². The van der Waals surface area contributed by atoms with Crippen molar-refractivity contribution in [3.63, 3.8) is 0 Å². The van der Waals surface area contributed by atoms with E-state index in [0.717, 1.165) is 11.1 Å². The predicted octanol–water partition coefficient (Wildman–Crippen LogP) is 3.70. The van der Waals surface area contributed by atoms with E-state index >= 15 is 0 Å². The molecule has 2 aromatic rings. The first kappa shape index (κ1) is 18.1. The number of hydrogen-bond donors (Lipinski definition) is 1. The number of nitrogens with one attached hydrogen (secondary N) is 1. The second-order valence-electron chi connectivity index (χ2n) is 5.01. The van der Waals surface area contributed by atoms with Gasteiger partial charge >= 0.3 is 0 Å². The third-order valence-electron chi connectivity index (χ3n) is 3.25. The van der Waals surface area contributed by atoms with Gasteiger partial charge in [-0.1, -0.05) is 57.4 Å². The number of alkyl halides is 1. The van der Waals surface area contributed by atoms with Gasteiger partial charge in [-0.15, -0.1) is 0 Å². The number of ketones is 1. The van der Waals surface area contributed by atoms with Gasteiger partial charge < -0.3 is 0 Å². The van der Waals surface area contributed by atoms with Crippen LogP contribution in [0.1, 0.15) is 21.5 Å². The highest BCUT2D eigenvalue weighted by Crippen LogP contribution is 2.23. The Balaban J connectivity index is 2.25. The lowest BCUT2D eigenvalue weighted by Crippen LogP contribution is -2.24. The van der Waals surface area contributed by atoms with Crippen LogP contribution in [0.5, 0.6) is 0 Å². The number of rotatable bonds is 6. The van der Waals surface area contributed by atoms with Crippen LogP contribution in [0.25, 0.3) is 0 Å². The normalized spacial score (nSPS) is 11.4. The molecule has 0 aliphatic carbocycles. The maximum Gasteiger partial charge on any atom is 0.242 e. The van der Waals surface area contributed by atoms with Crippen LogP contribution < -0.4 is 4.72 Å². The number of carbonyl (C=O) groups is 1. The number of Topliss-reactive ketones (excluding diaryl/α,β-unsaturated/α-hetero) is 1. The van der Waals surface area contributed by atoms with Crippen LogP contribution in [0, 0.1) is 6.92 Å². The number of aryl methyl sites for hydroxylation is 1. The minimum Gasteiger partial charge on any atom is -0.293 e. The van der Waals surface area contributed by atoms with Crippen molar-refractivity contribution in [2.45, 2.75) is 18.4 Å². The van der Waals surface area contributed by atoms with E-state index in [1.54, 1.807) is 0 Å². The number of hydrogen-bond acceptors (Lipinski definition) is 3. The van der Waals surface area contributed by atoms with Gasteiger partial charge in [0.05, 0.1) is 10.4 Å². The lowest BCUT2D eigenvalue weighted by Gasteiger charge is -2.10. The van der Waals surface area contributed by atoms with Crippen LogP contribution >= 0.6 is 27.5 Å². The minimum absolute atomic E-state index is 0.0764. The molecule has 0 aliphatic rings. The average Bonchev–Trinajstić information content (AvgIpc) is 2.54. The molecule has 4 nitrogen and oxygen atoms in total. The molecule has 0 saturated heterocycles. The summed E-state index contributed by atoms with van der Waals surface area (Å²) in [5, 5.41) is 0.192. The molecule has 0 aromatic heterocycles. The van der Waals surface area contributed by atoms with E-state index in [2.05, 4.69) is 20.7 Å². The molecule has 23 heavy (non-hydrogen) atoms. The number of halogens is 2. The van der Waals surface area contributed by atoms with Gasteiger partial charge in [-0.25, -0.2) is 13.1 Å². The van der Waals surface area contributed by atoms with E-state index in [1.807, 2.05) is 31.2 Å². The molecular weight excluding hydrogens is 402 g/mol. The van der Waals surface area contributed by atoms with E-state index in [-0.39, 0.29) is 27.6 Å². The molecule has 2 aromatic carbocycles. The lowest BCUT2D eigenvalue weighted by atomic mass is 10.1. The van der Waals surface area contributed by atoms with E-state index in [0.29, 0.717) is 5.56 Å². The van der Waals surface area contributed by atoms with E-state index in [1.165, 1.54) is 18.2 Å². The van der Waals surface area contributed by atoms with Crippen LogP contribution in [0.15, 0.2) is 47.4 Å². The topological polar surface area (TPSA) is 63.2 Å². The smallest absolute Gasteiger partial charge is 0.242 e. The van der Waals surface area contributed by atoms with Crippen molar-refractivity contribution in [1.29, 1.82) is 0 Å². The maximum absolute atomic E-state index is 12.4. The Kier molecular flexibility index (Phi) is 5.97. The first-order valence-corrected chi connectivity index (χ1v) is 9.75. The van der Waals surface area contributed by atoms with Crippen LogP contribution in [0.2, 0.25) is 5.02 Å². The van der Waals surface area contributed by atoms with Crippen LogP contribution in [-0.2, 0) is 16.6 Å². The summed E-state index contributed by atoms with van der Waals surface area (Å²) in [6, 6.07) is 11.7. The largest absolute Gasteiger partial charge is 0.293 e. The molecule has 0 amide bonds. The zero-order chi connectivity index (χ0) is 17.0. The molecule has 0 spiro atoms. The number of carbonyl (C=O) groups excluding carboxylic acids is 1. The van der Waals surface area contributed by atoms with Gasteiger partial charge in [0, 0.05) is 12.1 Å². The van der Waals surface area contributed by atoms with Gasteiger partial charge in [0.25, 0.3) is 0 Å². The molecule has 1 N–H and O–H groups in total. The number of benzene rings is 2. The van der Waals surface area contributed by atoms with Gasteiger partial charge in [0.1, 0.15) is 4.90 Å². The van der Waals surface area contributed by atoms with Crippen molar-refractivity contribution in [3.05, 3.63) is 64.2 Å². The van der Waals surface area contributed by atoms with Crippen molar-refractivity contribution in [2.24, 2.45) is 0 Å². The maximum atomic E-state index is 12.4. The second-order valence-corrected chi connectivity index (χ2v) is 7.72.